The Hall–Kier alpha value is -3.65. The number of halogens is 1. The van der Waals surface area contributed by atoms with E-state index in [1.165, 1.54) is 0 Å². The van der Waals surface area contributed by atoms with Crippen molar-refractivity contribution in [2.75, 3.05) is 23.8 Å². The van der Waals surface area contributed by atoms with Crippen LogP contribution >= 0.6 is 11.6 Å². The minimum atomic E-state index is -0.503. The van der Waals surface area contributed by atoms with Gasteiger partial charge in [-0.05, 0) is 42.5 Å². The van der Waals surface area contributed by atoms with Gasteiger partial charge in [-0.1, -0.05) is 23.7 Å². The largest absolute Gasteiger partial charge is 0.456 e. The third kappa shape index (κ3) is 6.75. The molecule has 1 aromatic heterocycles. The summed E-state index contributed by atoms with van der Waals surface area (Å²) < 4.78 is 10.6. The normalized spacial score (nSPS) is 10.2. The van der Waals surface area contributed by atoms with Gasteiger partial charge in [0.05, 0.1) is 11.4 Å². The van der Waals surface area contributed by atoms with Crippen LogP contribution in [0.1, 0.15) is 6.42 Å². The number of amides is 1. The number of anilines is 2. The summed E-state index contributed by atoms with van der Waals surface area (Å²) in [6.45, 7) is -0.0735. The molecular formula is C21H19ClN4O4. The average Bonchev–Trinajstić information content (AvgIpc) is 2.76. The summed E-state index contributed by atoms with van der Waals surface area (Å²) >= 11 is 6.06. The van der Waals surface area contributed by atoms with Crippen molar-refractivity contribution in [3.63, 3.8) is 0 Å². The molecule has 2 aromatic carbocycles. The van der Waals surface area contributed by atoms with Crippen molar-refractivity contribution in [2.45, 2.75) is 6.42 Å². The highest BCUT2D eigenvalue weighted by molar-refractivity contribution is 6.32. The van der Waals surface area contributed by atoms with E-state index in [0.29, 0.717) is 34.7 Å². The second kappa shape index (κ2) is 10.8. The first-order valence-electron chi connectivity index (χ1n) is 9.09. The van der Waals surface area contributed by atoms with Gasteiger partial charge >= 0.3 is 5.97 Å². The Labute approximate surface area is 178 Å². The summed E-state index contributed by atoms with van der Waals surface area (Å²) in [5.74, 6) is 0.586. The molecule has 8 nitrogen and oxygen atoms in total. The third-order valence-electron chi connectivity index (χ3n) is 3.74. The molecule has 1 amide bonds. The Morgan fingerprint density at radius 1 is 0.967 bits per heavy atom. The van der Waals surface area contributed by atoms with Crippen LogP contribution in [0.3, 0.4) is 0 Å². The maximum absolute atomic E-state index is 12.0. The van der Waals surface area contributed by atoms with Crippen molar-refractivity contribution in [2.24, 2.45) is 0 Å². The van der Waals surface area contributed by atoms with Crippen molar-refractivity contribution in [3.05, 3.63) is 72.0 Å². The van der Waals surface area contributed by atoms with Gasteiger partial charge in [0.15, 0.2) is 6.61 Å². The lowest BCUT2D eigenvalue weighted by atomic mass is 10.3. The fourth-order valence-electron chi connectivity index (χ4n) is 2.34. The molecule has 154 valence electrons. The van der Waals surface area contributed by atoms with E-state index in [-0.39, 0.29) is 13.0 Å². The van der Waals surface area contributed by atoms with Crippen LogP contribution in [0.5, 0.6) is 11.5 Å². The number of esters is 1. The van der Waals surface area contributed by atoms with Gasteiger partial charge in [-0.3, -0.25) is 9.59 Å². The molecule has 0 aliphatic rings. The standard InChI is InChI=1S/C21H19ClN4O4/c22-17-4-1-2-5-18(17)30-16-8-6-15(7-9-16)26-19(27)14-29-20(28)10-13-25-21-23-11-3-12-24-21/h1-9,11-12H,10,13-14H2,(H,26,27)(H,23,24,25). The second-order valence-electron chi connectivity index (χ2n) is 6.01. The van der Waals surface area contributed by atoms with Crippen molar-refractivity contribution in [1.82, 2.24) is 9.97 Å². The number of hydrogen-bond acceptors (Lipinski definition) is 7. The minimum absolute atomic E-state index is 0.0830. The molecule has 0 fully saturated rings. The van der Waals surface area contributed by atoms with Gasteiger partial charge in [0.2, 0.25) is 5.95 Å². The number of benzene rings is 2. The van der Waals surface area contributed by atoms with E-state index in [0.717, 1.165) is 0 Å². The first-order chi connectivity index (χ1) is 14.6. The number of rotatable bonds is 9. The van der Waals surface area contributed by atoms with Crippen molar-refractivity contribution in [1.29, 1.82) is 0 Å². The SMILES string of the molecule is O=C(COC(=O)CCNc1ncccn1)Nc1ccc(Oc2ccccc2Cl)cc1. The molecule has 0 atom stereocenters. The van der Waals surface area contributed by atoms with E-state index in [1.807, 2.05) is 12.1 Å². The molecule has 0 radical (unpaired) electrons. The molecule has 3 rings (SSSR count). The zero-order valence-electron chi connectivity index (χ0n) is 15.9. The predicted octanol–water partition coefficient (Wildman–Crippen LogP) is 3.91. The molecular weight excluding hydrogens is 408 g/mol. The zero-order valence-corrected chi connectivity index (χ0v) is 16.6. The molecule has 0 saturated carbocycles. The van der Waals surface area contributed by atoms with Gasteiger partial charge < -0.3 is 20.1 Å². The fraction of sp³-hybridized carbons (Fsp3) is 0.143. The second-order valence-corrected chi connectivity index (χ2v) is 6.42. The first kappa shape index (κ1) is 21.1. The number of carbonyl (C=O) groups is 2. The van der Waals surface area contributed by atoms with Crippen molar-refractivity contribution in [3.8, 4) is 11.5 Å². The summed E-state index contributed by atoms with van der Waals surface area (Å²) in [5, 5.41) is 6.04. The maximum atomic E-state index is 12.0. The van der Waals surface area contributed by atoms with E-state index < -0.39 is 11.9 Å². The van der Waals surface area contributed by atoms with Gasteiger partial charge in [-0.2, -0.15) is 0 Å². The lowest BCUT2D eigenvalue weighted by molar-refractivity contribution is -0.147. The van der Waals surface area contributed by atoms with Crippen molar-refractivity contribution < 1.29 is 19.1 Å². The Balaban J connectivity index is 1.38. The summed E-state index contributed by atoms with van der Waals surface area (Å²) in [6.07, 6.45) is 3.26. The lowest BCUT2D eigenvalue weighted by Crippen LogP contribution is -2.22. The molecule has 30 heavy (non-hydrogen) atoms. The van der Waals surface area contributed by atoms with Crippen LogP contribution in [0.4, 0.5) is 11.6 Å². The summed E-state index contributed by atoms with van der Waals surface area (Å²) in [7, 11) is 0. The van der Waals surface area contributed by atoms with E-state index in [9.17, 15) is 9.59 Å². The Bertz CT molecular complexity index is 984. The van der Waals surface area contributed by atoms with Gasteiger partial charge in [-0.15, -0.1) is 0 Å². The Morgan fingerprint density at radius 2 is 1.70 bits per heavy atom. The molecule has 1 heterocycles. The smallest absolute Gasteiger partial charge is 0.308 e. The van der Waals surface area contributed by atoms with Crippen LogP contribution in [-0.2, 0) is 14.3 Å². The highest BCUT2D eigenvalue weighted by Gasteiger charge is 2.09. The fourth-order valence-corrected chi connectivity index (χ4v) is 2.52. The molecule has 0 saturated heterocycles. The molecule has 0 aliphatic carbocycles. The number of ether oxygens (including phenoxy) is 2. The molecule has 3 aromatic rings. The van der Waals surface area contributed by atoms with Gasteiger partial charge in [0.25, 0.3) is 5.91 Å². The van der Waals surface area contributed by atoms with Gasteiger partial charge in [0, 0.05) is 24.6 Å². The van der Waals surface area contributed by atoms with E-state index >= 15 is 0 Å². The average molecular weight is 427 g/mol. The van der Waals surface area contributed by atoms with Crippen LogP contribution in [0, 0.1) is 0 Å². The highest BCUT2D eigenvalue weighted by atomic mass is 35.5. The van der Waals surface area contributed by atoms with Crippen LogP contribution < -0.4 is 15.4 Å². The minimum Gasteiger partial charge on any atom is -0.456 e. The Kier molecular flexibility index (Phi) is 7.57. The number of carbonyl (C=O) groups excluding carboxylic acids is 2. The highest BCUT2D eigenvalue weighted by Crippen LogP contribution is 2.29. The zero-order chi connectivity index (χ0) is 21.2. The topological polar surface area (TPSA) is 102 Å². The molecule has 0 spiro atoms. The molecule has 0 bridgehead atoms. The van der Waals surface area contributed by atoms with Crippen LogP contribution in [0.2, 0.25) is 5.02 Å². The molecule has 0 aliphatic heterocycles. The third-order valence-corrected chi connectivity index (χ3v) is 4.06. The number of para-hydroxylation sites is 1. The van der Waals surface area contributed by atoms with Crippen LogP contribution in [0.15, 0.2) is 67.0 Å². The van der Waals surface area contributed by atoms with E-state index in [2.05, 4.69) is 20.6 Å². The van der Waals surface area contributed by atoms with Crippen molar-refractivity contribution >= 4 is 35.1 Å². The number of aromatic nitrogens is 2. The number of nitrogens with one attached hydrogen (secondary N) is 2. The van der Waals surface area contributed by atoms with Gasteiger partial charge in [-0.25, -0.2) is 9.97 Å². The molecule has 0 unspecified atom stereocenters. The lowest BCUT2D eigenvalue weighted by Gasteiger charge is -2.09. The first-order valence-corrected chi connectivity index (χ1v) is 9.47. The molecule has 2 N–H and O–H groups in total. The summed E-state index contributed by atoms with van der Waals surface area (Å²) in [6, 6.07) is 15.6. The number of nitrogens with zero attached hydrogens (tertiary/aromatic N) is 2. The molecule has 9 heteroatoms. The van der Waals surface area contributed by atoms with Gasteiger partial charge in [0.1, 0.15) is 11.5 Å². The van der Waals surface area contributed by atoms with Crippen LogP contribution in [0.25, 0.3) is 0 Å². The monoisotopic (exact) mass is 426 g/mol. The summed E-state index contributed by atoms with van der Waals surface area (Å²) in [5.41, 5.74) is 0.547. The summed E-state index contributed by atoms with van der Waals surface area (Å²) in [4.78, 5) is 31.6. The number of hydrogen-bond donors (Lipinski definition) is 2. The quantitative estimate of drug-likeness (QED) is 0.500. The Morgan fingerprint density at radius 3 is 2.43 bits per heavy atom. The van der Waals surface area contributed by atoms with E-state index in [1.54, 1.807) is 54.9 Å². The predicted molar refractivity (Wildman–Crippen MR) is 113 cm³/mol. The van der Waals surface area contributed by atoms with Crippen LogP contribution in [-0.4, -0.2) is 35.0 Å². The van der Waals surface area contributed by atoms with E-state index in [4.69, 9.17) is 21.1 Å². The maximum Gasteiger partial charge on any atom is 0.308 e.